The van der Waals surface area contributed by atoms with Gasteiger partial charge in [-0.2, -0.15) is 0 Å². The first-order valence-electron chi connectivity index (χ1n) is 1.78. The van der Waals surface area contributed by atoms with Crippen LogP contribution in [0.4, 0.5) is 0 Å². The fourth-order valence-electron chi connectivity index (χ4n) is 0.338. The summed E-state index contributed by atoms with van der Waals surface area (Å²) in [5.41, 5.74) is 0. The third-order valence-electron chi connectivity index (χ3n) is 0.616. The summed E-state index contributed by atoms with van der Waals surface area (Å²) in [5.74, 6) is 0. The van der Waals surface area contributed by atoms with Crippen molar-refractivity contribution >= 4 is 7.32 Å². The van der Waals surface area contributed by atoms with Gasteiger partial charge in [0.05, 0.1) is 0 Å². The molecule has 0 atom stereocenters. The molecule has 1 aliphatic rings. The smallest absolute Gasteiger partial charge is 0.401 e. The fraction of sp³-hybridized carbons (Fsp3) is 1.00. The van der Waals surface area contributed by atoms with E-state index in [9.17, 15) is 0 Å². The van der Waals surface area contributed by atoms with Gasteiger partial charge in [0.25, 0.3) is 0 Å². The molecule has 1 aliphatic heterocycles. The van der Waals surface area contributed by atoms with Crippen LogP contribution in [0.2, 0.25) is 0 Å². The lowest BCUT2D eigenvalue weighted by Gasteiger charge is -2.25. The minimum absolute atomic E-state index is 0.208. The molecule has 1 heterocycles. The minimum atomic E-state index is -0.958. The zero-order chi connectivity index (χ0) is 4.57. The molecule has 0 unspecified atom stereocenters. The van der Waals surface area contributed by atoms with E-state index in [1.54, 1.807) is 6.92 Å². The van der Waals surface area contributed by atoms with Crippen LogP contribution in [0.3, 0.4) is 0 Å². The third kappa shape index (κ3) is 0.542. The van der Waals surface area contributed by atoms with Crippen molar-refractivity contribution in [2.45, 2.75) is 13.2 Å². The molecule has 1 saturated heterocycles. The van der Waals surface area contributed by atoms with E-state index < -0.39 is 7.32 Å². The first kappa shape index (κ1) is 4.11. The molecule has 4 heteroatoms. The van der Waals surface area contributed by atoms with E-state index >= 15 is 0 Å². The van der Waals surface area contributed by atoms with Crippen LogP contribution in [0.1, 0.15) is 6.92 Å². The van der Waals surface area contributed by atoms with E-state index in [1.165, 1.54) is 0 Å². The highest BCUT2D eigenvalue weighted by molar-refractivity contribution is 6.36. The predicted molar refractivity (Wildman–Crippen MR) is 19.6 cm³/mol. The summed E-state index contributed by atoms with van der Waals surface area (Å²) >= 11 is 0. The quantitative estimate of drug-likeness (QED) is 0.400. The van der Waals surface area contributed by atoms with E-state index in [0.29, 0.717) is 0 Å². The van der Waals surface area contributed by atoms with Crippen LogP contribution < -0.4 is 0 Å². The maximum absolute atomic E-state index is 8.17. The number of hydrogen-bond donors (Lipinski definition) is 1. The normalized spacial score (nSPS) is 24.0. The monoisotopic (exact) mass is 88.0 g/mol. The molecule has 6 heavy (non-hydrogen) atoms. The average Bonchev–Trinajstić information content (AvgIpc) is 1.33. The summed E-state index contributed by atoms with van der Waals surface area (Å²) in [6, 6.07) is 0. The van der Waals surface area contributed by atoms with Crippen LogP contribution in [-0.2, 0) is 9.31 Å². The second-order valence-electron chi connectivity index (χ2n) is 1.15. The molecule has 0 spiro atoms. The van der Waals surface area contributed by atoms with Gasteiger partial charge in [0.2, 0.25) is 0 Å². The Bertz CT molecular complexity index is 44.8. The highest BCUT2D eigenvalue weighted by Crippen LogP contribution is 2.07. The zero-order valence-electron chi connectivity index (χ0n) is 3.42. The molecule has 0 aromatic heterocycles. The molecule has 0 saturated carbocycles. The van der Waals surface area contributed by atoms with Crippen LogP contribution in [0.25, 0.3) is 0 Å². The van der Waals surface area contributed by atoms with Gasteiger partial charge in [-0.25, -0.2) is 0 Å². The average molecular weight is 87.9 g/mol. The summed E-state index contributed by atoms with van der Waals surface area (Å²) in [5, 5.41) is 8.17. The topological polar surface area (TPSA) is 38.7 Å². The van der Waals surface area contributed by atoms with Gasteiger partial charge in [0.15, 0.2) is 0 Å². The molecule has 34 valence electrons. The molecular formula is C2H5BO3. The van der Waals surface area contributed by atoms with Gasteiger partial charge >= 0.3 is 7.32 Å². The zero-order valence-corrected chi connectivity index (χ0v) is 3.42. The second kappa shape index (κ2) is 1.22. The Balaban J connectivity index is 2.11. The molecule has 0 aromatic rings. The summed E-state index contributed by atoms with van der Waals surface area (Å²) in [7, 11) is -0.958. The Morgan fingerprint density at radius 3 is 2.17 bits per heavy atom. The van der Waals surface area contributed by atoms with Gasteiger partial charge in [-0.1, -0.05) is 0 Å². The largest absolute Gasteiger partial charge is 0.640 e. The first-order chi connectivity index (χ1) is 2.79. The molecule has 0 radical (unpaired) electrons. The molecule has 1 rings (SSSR count). The Hall–Kier alpha value is -0.0551. The van der Waals surface area contributed by atoms with Crippen molar-refractivity contribution in [2.75, 3.05) is 0 Å². The van der Waals surface area contributed by atoms with Gasteiger partial charge in [-0.3, -0.25) is 0 Å². The van der Waals surface area contributed by atoms with Crippen molar-refractivity contribution in [3.63, 3.8) is 0 Å². The standard InChI is InChI=1S/C2H5BO3/c1-2-5-3(4)6-2/h2,4H,1H3. The van der Waals surface area contributed by atoms with Crippen molar-refractivity contribution in [3.05, 3.63) is 0 Å². The SMILES string of the molecule is CC1OB(O)O1. The van der Waals surface area contributed by atoms with E-state index in [4.69, 9.17) is 5.02 Å². The van der Waals surface area contributed by atoms with Crippen LogP contribution in [0, 0.1) is 0 Å². The maximum Gasteiger partial charge on any atom is 0.640 e. The van der Waals surface area contributed by atoms with E-state index in [-0.39, 0.29) is 6.29 Å². The van der Waals surface area contributed by atoms with Gasteiger partial charge < -0.3 is 14.3 Å². The fourth-order valence-corrected chi connectivity index (χ4v) is 0.338. The molecule has 0 amide bonds. The van der Waals surface area contributed by atoms with Crippen molar-refractivity contribution in [2.24, 2.45) is 0 Å². The Morgan fingerprint density at radius 2 is 2.17 bits per heavy atom. The summed E-state index contributed by atoms with van der Waals surface area (Å²) in [6.07, 6.45) is -0.208. The van der Waals surface area contributed by atoms with Crippen molar-refractivity contribution in [1.29, 1.82) is 0 Å². The van der Waals surface area contributed by atoms with Gasteiger partial charge in [0.1, 0.15) is 6.29 Å². The lowest BCUT2D eigenvalue weighted by Crippen LogP contribution is -2.43. The van der Waals surface area contributed by atoms with E-state index in [0.717, 1.165) is 0 Å². The van der Waals surface area contributed by atoms with Crippen LogP contribution >= 0.6 is 0 Å². The lowest BCUT2D eigenvalue weighted by molar-refractivity contribution is -0.131. The van der Waals surface area contributed by atoms with Crippen molar-refractivity contribution < 1.29 is 14.3 Å². The summed E-state index contributed by atoms with van der Waals surface area (Å²) in [6.45, 7) is 1.72. The maximum atomic E-state index is 8.17. The molecule has 3 nitrogen and oxygen atoms in total. The second-order valence-corrected chi connectivity index (χ2v) is 1.15. The van der Waals surface area contributed by atoms with Gasteiger partial charge in [-0.15, -0.1) is 0 Å². The highest BCUT2D eigenvalue weighted by Gasteiger charge is 2.32. The molecule has 1 fully saturated rings. The van der Waals surface area contributed by atoms with Crippen molar-refractivity contribution in [1.82, 2.24) is 0 Å². The lowest BCUT2D eigenvalue weighted by atomic mass is 10.2. The summed E-state index contributed by atoms with van der Waals surface area (Å²) in [4.78, 5) is 0. The van der Waals surface area contributed by atoms with Gasteiger partial charge in [-0.05, 0) is 6.92 Å². The number of rotatable bonds is 0. The predicted octanol–water partition coefficient (Wildman–Crippen LogP) is -0.644. The molecule has 0 aliphatic carbocycles. The first-order valence-corrected chi connectivity index (χ1v) is 1.78. The Labute approximate surface area is 36.0 Å². The molecular weight excluding hydrogens is 82.8 g/mol. The Kier molecular flexibility index (Phi) is 0.836. The van der Waals surface area contributed by atoms with Crippen molar-refractivity contribution in [3.8, 4) is 0 Å². The Morgan fingerprint density at radius 1 is 1.67 bits per heavy atom. The van der Waals surface area contributed by atoms with E-state index in [1.807, 2.05) is 0 Å². The van der Waals surface area contributed by atoms with E-state index in [2.05, 4.69) is 9.31 Å². The minimum Gasteiger partial charge on any atom is -0.401 e. The van der Waals surface area contributed by atoms with Crippen LogP contribution in [0.15, 0.2) is 0 Å². The van der Waals surface area contributed by atoms with Gasteiger partial charge in [0, 0.05) is 0 Å². The van der Waals surface area contributed by atoms with Crippen LogP contribution in [-0.4, -0.2) is 18.6 Å². The molecule has 0 bridgehead atoms. The third-order valence-corrected chi connectivity index (χ3v) is 0.616. The number of hydrogen-bond acceptors (Lipinski definition) is 3. The molecule has 1 N–H and O–H groups in total. The molecule has 0 aromatic carbocycles. The summed E-state index contributed by atoms with van der Waals surface area (Å²) < 4.78 is 8.94. The highest BCUT2D eigenvalue weighted by atomic mass is 16.8. The van der Waals surface area contributed by atoms with Crippen LogP contribution in [0.5, 0.6) is 0 Å².